The highest BCUT2D eigenvalue weighted by Gasteiger charge is 2.20. The van der Waals surface area contributed by atoms with Gasteiger partial charge >= 0.3 is 5.97 Å². The summed E-state index contributed by atoms with van der Waals surface area (Å²) < 4.78 is 32.8. The molecule has 8 heteroatoms. The number of nitrogens with one attached hydrogen (secondary N) is 1. The van der Waals surface area contributed by atoms with Gasteiger partial charge in [-0.1, -0.05) is 12.1 Å². The average molecular weight is 374 g/mol. The van der Waals surface area contributed by atoms with Gasteiger partial charge in [0.15, 0.2) is 0 Å². The van der Waals surface area contributed by atoms with Crippen molar-refractivity contribution in [3.05, 3.63) is 59.4 Å². The summed E-state index contributed by atoms with van der Waals surface area (Å²) in [6.07, 6.45) is 0.500. The molecule has 7 nitrogen and oxygen atoms in total. The van der Waals surface area contributed by atoms with Crippen molar-refractivity contribution < 1.29 is 22.7 Å². The van der Waals surface area contributed by atoms with E-state index in [0.29, 0.717) is 28.6 Å². The number of nitrogen functional groups attached to an aromatic ring is 1. The topological polar surface area (TPSA) is 123 Å². The fourth-order valence-corrected chi connectivity index (χ4v) is 3.79. The summed E-state index contributed by atoms with van der Waals surface area (Å²) in [5, 5.41) is 9.57. The second kappa shape index (κ2) is 6.81. The third-order valence-corrected chi connectivity index (χ3v) is 5.53. The van der Waals surface area contributed by atoms with Crippen molar-refractivity contribution in [2.24, 2.45) is 0 Å². The Labute approximate surface area is 150 Å². The third-order valence-electron chi connectivity index (χ3n) is 4.07. The molecule has 0 amide bonds. The van der Waals surface area contributed by atoms with Crippen LogP contribution in [0.5, 0.6) is 0 Å². The maximum atomic E-state index is 12.5. The first kappa shape index (κ1) is 18.0. The van der Waals surface area contributed by atoms with Gasteiger partial charge in [0.1, 0.15) is 5.58 Å². The maximum absolute atomic E-state index is 12.5. The molecule has 2 aromatic carbocycles. The molecular weight excluding hydrogens is 356 g/mol. The number of benzene rings is 2. The lowest BCUT2D eigenvalue weighted by molar-refractivity contribution is 0.0664. The van der Waals surface area contributed by atoms with E-state index in [1.807, 2.05) is 12.1 Å². The molecular formula is C18H18N2O5S. The Morgan fingerprint density at radius 2 is 2.00 bits per heavy atom. The zero-order valence-corrected chi connectivity index (χ0v) is 14.8. The number of fused-ring (bicyclic) bond motifs is 1. The molecule has 3 aromatic rings. The van der Waals surface area contributed by atoms with Crippen LogP contribution in [0.4, 0.5) is 5.69 Å². The zero-order valence-electron chi connectivity index (χ0n) is 14.0. The fourth-order valence-electron chi connectivity index (χ4n) is 2.73. The van der Waals surface area contributed by atoms with E-state index in [-0.39, 0.29) is 17.2 Å². The maximum Gasteiger partial charge on any atom is 0.372 e. The predicted molar refractivity (Wildman–Crippen MR) is 97.7 cm³/mol. The zero-order chi connectivity index (χ0) is 18.9. The molecule has 0 bridgehead atoms. The van der Waals surface area contributed by atoms with Gasteiger partial charge in [0.2, 0.25) is 15.8 Å². The number of hydrogen-bond donors (Lipinski definition) is 3. The van der Waals surface area contributed by atoms with E-state index in [1.54, 1.807) is 19.1 Å². The van der Waals surface area contributed by atoms with Crippen LogP contribution in [-0.2, 0) is 16.4 Å². The van der Waals surface area contributed by atoms with E-state index in [9.17, 15) is 13.2 Å². The molecule has 0 spiro atoms. The molecule has 3 rings (SSSR count). The van der Waals surface area contributed by atoms with Crippen molar-refractivity contribution >= 4 is 32.6 Å². The number of aryl methyl sites for hydroxylation is 1. The van der Waals surface area contributed by atoms with E-state index in [1.165, 1.54) is 18.2 Å². The molecule has 1 heterocycles. The molecule has 136 valence electrons. The number of anilines is 1. The Bertz CT molecular complexity index is 1090. The quantitative estimate of drug-likeness (QED) is 0.570. The Kier molecular flexibility index (Phi) is 4.71. The number of furan rings is 1. The first-order valence-electron chi connectivity index (χ1n) is 7.88. The lowest BCUT2D eigenvalue weighted by atomic mass is 10.1. The molecule has 0 fully saturated rings. The van der Waals surface area contributed by atoms with Gasteiger partial charge in [0.05, 0.1) is 4.90 Å². The highest BCUT2D eigenvalue weighted by atomic mass is 32.2. The number of sulfonamides is 1. The van der Waals surface area contributed by atoms with Crippen LogP contribution in [0, 0.1) is 6.92 Å². The second-order valence-electron chi connectivity index (χ2n) is 5.91. The molecule has 0 saturated heterocycles. The lowest BCUT2D eigenvalue weighted by Gasteiger charge is -2.07. The van der Waals surface area contributed by atoms with Crippen molar-refractivity contribution in [2.75, 3.05) is 12.3 Å². The van der Waals surface area contributed by atoms with Crippen molar-refractivity contribution in [3.8, 4) is 0 Å². The second-order valence-corrected chi connectivity index (χ2v) is 7.68. The van der Waals surface area contributed by atoms with Crippen LogP contribution in [0.1, 0.15) is 21.7 Å². The smallest absolute Gasteiger partial charge is 0.372 e. The summed E-state index contributed by atoms with van der Waals surface area (Å²) in [6.45, 7) is 1.80. The largest absolute Gasteiger partial charge is 0.475 e. The van der Waals surface area contributed by atoms with Crippen LogP contribution >= 0.6 is 0 Å². The van der Waals surface area contributed by atoms with Crippen molar-refractivity contribution in [2.45, 2.75) is 18.2 Å². The molecule has 1 aromatic heterocycles. The number of aromatic carboxylic acids is 1. The summed E-state index contributed by atoms with van der Waals surface area (Å²) >= 11 is 0. The molecule has 0 atom stereocenters. The number of carbonyl (C=O) groups is 1. The molecule has 0 aliphatic rings. The molecule has 0 radical (unpaired) electrons. The highest BCUT2D eigenvalue weighted by molar-refractivity contribution is 7.89. The van der Waals surface area contributed by atoms with Gasteiger partial charge in [-0.3, -0.25) is 0 Å². The minimum atomic E-state index is -3.73. The van der Waals surface area contributed by atoms with Crippen LogP contribution in [0.3, 0.4) is 0 Å². The van der Waals surface area contributed by atoms with Crippen molar-refractivity contribution in [1.82, 2.24) is 4.72 Å². The fraction of sp³-hybridized carbons (Fsp3) is 0.167. The standard InChI is InChI=1S/C18H18N2O5S/c1-11-15-10-14(5-6-16(15)25-17(11)18(21)22)26(23,24)20-8-7-12-3-2-4-13(19)9-12/h2-6,9-10,20H,7-8,19H2,1H3,(H,21,22). The number of hydrogen-bond acceptors (Lipinski definition) is 5. The van der Waals surface area contributed by atoms with Crippen LogP contribution in [0.15, 0.2) is 51.8 Å². The first-order chi connectivity index (χ1) is 12.3. The van der Waals surface area contributed by atoms with Gasteiger partial charge in [0, 0.05) is 23.2 Å². The highest BCUT2D eigenvalue weighted by Crippen LogP contribution is 2.27. The first-order valence-corrected chi connectivity index (χ1v) is 9.37. The average Bonchev–Trinajstić information content (AvgIpc) is 2.91. The van der Waals surface area contributed by atoms with Crippen molar-refractivity contribution in [1.29, 1.82) is 0 Å². The predicted octanol–water partition coefficient (Wildman–Crippen LogP) is 2.54. The normalized spacial score (nSPS) is 11.7. The third kappa shape index (κ3) is 3.56. The number of rotatable bonds is 6. The number of nitrogens with two attached hydrogens (primary N) is 1. The number of carboxylic acids is 1. The summed E-state index contributed by atoms with van der Waals surface area (Å²) in [6, 6.07) is 11.5. The monoisotopic (exact) mass is 374 g/mol. The van der Waals surface area contributed by atoms with Crippen LogP contribution in [0.2, 0.25) is 0 Å². The molecule has 26 heavy (non-hydrogen) atoms. The molecule has 0 aliphatic heterocycles. The SMILES string of the molecule is Cc1c(C(=O)O)oc2ccc(S(=O)(=O)NCCc3cccc(N)c3)cc12. The van der Waals surface area contributed by atoms with E-state index in [4.69, 9.17) is 15.3 Å². The molecule has 4 N–H and O–H groups in total. The summed E-state index contributed by atoms with van der Waals surface area (Å²) in [4.78, 5) is 11.2. The summed E-state index contributed by atoms with van der Waals surface area (Å²) in [5.74, 6) is -1.38. The van der Waals surface area contributed by atoms with E-state index in [0.717, 1.165) is 5.56 Å². The molecule has 0 aliphatic carbocycles. The Balaban J connectivity index is 1.80. The number of carboxylic acid groups (broad SMARTS) is 1. The van der Waals surface area contributed by atoms with Crippen LogP contribution in [0.25, 0.3) is 11.0 Å². The van der Waals surface area contributed by atoms with Gasteiger partial charge < -0.3 is 15.3 Å². The van der Waals surface area contributed by atoms with Gasteiger partial charge in [-0.2, -0.15) is 0 Å². The lowest BCUT2D eigenvalue weighted by Crippen LogP contribution is -2.26. The summed E-state index contributed by atoms with van der Waals surface area (Å²) in [5.41, 5.74) is 7.99. The molecule has 0 saturated carbocycles. The van der Waals surface area contributed by atoms with Gasteiger partial charge in [0.25, 0.3) is 0 Å². The minimum absolute atomic E-state index is 0.0541. The van der Waals surface area contributed by atoms with Crippen LogP contribution in [-0.4, -0.2) is 26.0 Å². The summed E-state index contributed by atoms with van der Waals surface area (Å²) in [7, 11) is -3.73. The van der Waals surface area contributed by atoms with Crippen molar-refractivity contribution in [3.63, 3.8) is 0 Å². The van der Waals surface area contributed by atoms with Gasteiger partial charge in [-0.15, -0.1) is 0 Å². The van der Waals surface area contributed by atoms with E-state index < -0.39 is 16.0 Å². The Morgan fingerprint density at radius 3 is 2.69 bits per heavy atom. The molecule has 0 unspecified atom stereocenters. The Morgan fingerprint density at radius 1 is 1.23 bits per heavy atom. The van der Waals surface area contributed by atoms with Crippen LogP contribution < -0.4 is 10.5 Å². The van der Waals surface area contributed by atoms with E-state index >= 15 is 0 Å². The minimum Gasteiger partial charge on any atom is -0.475 e. The van der Waals surface area contributed by atoms with E-state index in [2.05, 4.69) is 4.72 Å². The van der Waals surface area contributed by atoms with Gasteiger partial charge in [-0.05, 0) is 49.2 Å². The van der Waals surface area contributed by atoms with Gasteiger partial charge in [-0.25, -0.2) is 17.9 Å². The Hall–Kier alpha value is -2.84.